The lowest BCUT2D eigenvalue weighted by Crippen LogP contribution is -2.48. The van der Waals surface area contributed by atoms with E-state index < -0.39 is 0 Å². The Hall–Kier alpha value is -2.77. The molecule has 30 heavy (non-hydrogen) atoms. The van der Waals surface area contributed by atoms with Crippen LogP contribution in [0.25, 0.3) is 0 Å². The van der Waals surface area contributed by atoms with Gasteiger partial charge >= 0.3 is 0 Å². The van der Waals surface area contributed by atoms with Gasteiger partial charge in [-0.3, -0.25) is 9.69 Å². The number of rotatable bonds is 6. The molecule has 1 amide bonds. The van der Waals surface area contributed by atoms with Crippen LogP contribution in [0.2, 0.25) is 0 Å². The van der Waals surface area contributed by atoms with Crippen molar-refractivity contribution in [2.24, 2.45) is 0 Å². The maximum Gasteiger partial charge on any atom is 0.264 e. The topological polar surface area (TPSA) is 32.8 Å². The van der Waals surface area contributed by atoms with E-state index in [1.54, 1.807) is 24.3 Å². The third kappa shape index (κ3) is 5.04. The third-order valence-corrected chi connectivity index (χ3v) is 6.04. The number of benzene rings is 2. The van der Waals surface area contributed by atoms with Crippen molar-refractivity contribution in [3.05, 3.63) is 87.6 Å². The first-order chi connectivity index (χ1) is 14.6. The zero-order valence-electron chi connectivity index (χ0n) is 16.4. The molecule has 0 saturated carbocycles. The number of nitrogens with zero attached hydrogens (tertiary/aromatic N) is 2. The number of carbonyl (C=O) groups is 1. The van der Waals surface area contributed by atoms with Crippen LogP contribution in [0.1, 0.15) is 20.8 Å². The molecule has 2 aromatic carbocycles. The summed E-state index contributed by atoms with van der Waals surface area (Å²) in [4.78, 5) is 17.5. The van der Waals surface area contributed by atoms with E-state index in [1.165, 1.54) is 29.5 Å². The molecule has 0 spiro atoms. The average molecular weight is 429 g/mol. The molecule has 1 aliphatic heterocycles. The molecule has 3 aromatic rings. The molecule has 0 atom stereocenters. The van der Waals surface area contributed by atoms with Crippen molar-refractivity contribution in [1.82, 2.24) is 9.80 Å². The molecule has 2 heterocycles. The molecule has 1 aromatic heterocycles. The second-order valence-electron chi connectivity index (χ2n) is 7.23. The van der Waals surface area contributed by atoms with Crippen LogP contribution in [0.5, 0.6) is 5.75 Å². The van der Waals surface area contributed by atoms with Crippen molar-refractivity contribution in [2.75, 3.05) is 26.2 Å². The highest BCUT2D eigenvalue weighted by molar-refractivity contribution is 7.12. The fraction of sp³-hybridized carbons (Fsp3) is 0.261. The largest absolute Gasteiger partial charge is 0.489 e. The summed E-state index contributed by atoms with van der Waals surface area (Å²) in [6.07, 6.45) is 0. The summed E-state index contributed by atoms with van der Waals surface area (Å²) in [6.45, 7) is 3.47. The Labute approximate surface area is 178 Å². The number of piperazine rings is 1. The fourth-order valence-electron chi connectivity index (χ4n) is 3.42. The lowest BCUT2D eigenvalue weighted by Gasteiger charge is -2.34. The molecule has 0 aliphatic carbocycles. The van der Waals surface area contributed by atoms with Gasteiger partial charge in [-0.1, -0.05) is 24.3 Å². The molecule has 1 aliphatic rings. The van der Waals surface area contributed by atoms with Crippen molar-refractivity contribution >= 4 is 17.2 Å². The molecule has 4 rings (SSSR count). The number of amides is 1. The summed E-state index contributed by atoms with van der Waals surface area (Å²) in [5.41, 5.74) is 1.56. The minimum atomic E-state index is -0.345. The molecule has 1 saturated heterocycles. The van der Waals surface area contributed by atoms with Gasteiger partial charge in [-0.25, -0.2) is 8.78 Å². The van der Waals surface area contributed by atoms with Gasteiger partial charge in [-0.05, 0) is 29.6 Å². The Bertz CT molecular complexity index is 1020. The minimum absolute atomic E-state index is 0.00236. The van der Waals surface area contributed by atoms with Crippen LogP contribution < -0.4 is 4.74 Å². The molecule has 156 valence electrons. The van der Waals surface area contributed by atoms with Gasteiger partial charge in [-0.2, -0.15) is 0 Å². The van der Waals surface area contributed by atoms with Crippen LogP contribution in [-0.4, -0.2) is 41.9 Å². The van der Waals surface area contributed by atoms with E-state index in [4.69, 9.17) is 4.74 Å². The SMILES string of the molecule is O=C(c1cc(COc2cccc(F)c2)cs1)N1CCN(Cc2ccccc2F)CC1. The van der Waals surface area contributed by atoms with Gasteiger partial charge in [0.25, 0.3) is 5.91 Å². The van der Waals surface area contributed by atoms with E-state index >= 15 is 0 Å². The quantitative estimate of drug-likeness (QED) is 0.577. The molecule has 0 radical (unpaired) electrons. The summed E-state index contributed by atoms with van der Waals surface area (Å²) >= 11 is 1.39. The van der Waals surface area contributed by atoms with Gasteiger partial charge in [0.1, 0.15) is 24.0 Å². The van der Waals surface area contributed by atoms with Crippen LogP contribution in [0.15, 0.2) is 60.0 Å². The second-order valence-corrected chi connectivity index (χ2v) is 8.14. The number of carbonyl (C=O) groups excluding carboxylic acids is 1. The first-order valence-corrected chi connectivity index (χ1v) is 10.7. The van der Waals surface area contributed by atoms with E-state index in [-0.39, 0.29) is 24.1 Å². The molecule has 0 N–H and O–H groups in total. The smallest absolute Gasteiger partial charge is 0.264 e. The van der Waals surface area contributed by atoms with Gasteiger partial charge in [-0.15, -0.1) is 11.3 Å². The highest BCUT2D eigenvalue weighted by atomic mass is 32.1. The maximum atomic E-state index is 13.8. The van der Waals surface area contributed by atoms with Crippen LogP contribution in [-0.2, 0) is 13.2 Å². The van der Waals surface area contributed by atoms with Gasteiger partial charge in [0.05, 0.1) is 4.88 Å². The number of hydrogen-bond donors (Lipinski definition) is 0. The van der Waals surface area contributed by atoms with Gasteiger partial charge in [0.15, 0.2) is 0 Å². The van der Waals surface area contributed by atoms with E-state index in [9.17, 15) is 13.6 Å². The van der Waals surface area contributed by atoms with Gasteiger partial charge in [0.2, 0.25) is 0 Å². The number of thiophene rings is 1. The molecule has 4 nitrogen and oxygen atoms in total. The van der Waals surface area contributed by atoms with Crippen molar-refractivity contribution in [3.8, 4) is 5.75 Å². The first kappa shape index (κ1) is 20.5. The standard InChI is InChI=1S/C23H22F2N2O2S/c24-19-5-3-6-20(13-19)29-15-17-12-22(30-16-17)23(28)27-10-8-26(9-11-27)14-18-4-1-2-7-21(18)25/h1-7,12-13,16H,8-11,14-15H2. The monoisotopic (exact) mass is 428 g/mol. The highest BCUT2D eigenvalue weighted by Gasteiger charge is 2.23. The van der Waals surface area contributed by atoms with Crippen molar-refractivity contribution in [1.29, 1.82) is 0 Å². The highest BCUT2D eigenvalue weighted by Crippen LogP contribution is 2.21. The predicted molar refractivity (Wildman–Crippen MR) is 113 cm³/mol. The van der Waals surface area contributed by atoms with E-state index in [2.05, 4.69) is 4.90 Å². The Morgan fingerprint density at radius 2 is 1.80 bits per heavy atom. The Balaban J connectivity index is 1.29. The first-order valence-electron chi connectivity index (χ1n) is 9.79. The van der Waals surface area contributed by atoms with E-state index in [0.717, 1.165) is 5.56 Å². The Kier molecular flexibility index (Phi) is 6.40. The molecule has 0 bridgehead atoms. The summed E-state index contributed by atoms with van der Waals surface area (Å²) in [5.74, 6) is -0.0759. The maximum absolute atomic E-state index is 13.8. The average Bonchev–Trinajstić information content (AvgIpc) is 3.23. The van der Waals surface area contributed by atoms with Crippen molar-refractivity contribution in [3.63, 3.8) is 0 Å². The zero-order valence-corrected chi connectivity index (χ0v) is 17.2. The van der Waals surface area contributed by atoms with Crippen molar-refractivity contribution < 1.29 is 18.3 Å². The summed E-state index contributed by atoms with van der Waals surface area (Å²) in [7, 11) is 0. The molecular formula is C23H22F2N2O2S. The van der Waals surface area contributed by atoms with Gasteiger partial charge in [0, 0.05) is 49.9 Å². The predicted octanol–water partition coefficient (Wildman–Crippen LogP) is 4.56. The second kappa shape index (κ2) is 9.36. The normalized spacial score (nSPS) is 14.7. The molecular weight excluding hydrogens is 406 g/mol. The lowest BCUT2D eigenvalue weighted by atomic mass is 10.2. The minimum Gasteiger partial charge on any atom is -0.489 e. The summed E-state index contributed by atoms with van der Waals surface area (Å²) in [6, 6.07) is 14.6. The molecule has 0 unspecified atom stereocenters. The van der Waals surface area contributed by atoms with E-state index in [1.807, 2.05) is 22.4 Å². The molecule has 1 fully saturated rings. The number of hydrogen-bond acceptors (Lipinski definition) is 4. The van der Waals surface area contributed by atoms with Crippen LogP contribution in [0, 0.1) is 11.6 Å². The fourth-order valence-corrected chi connectivity index (χ4v) is 4.28. The lowest BCUT2D eigenvalue weighted by molar-refractivity contribution is 0.0631. The summed E-state index contributed by atoms with van der Waals surface area (Å²) in [5, 5.41) is 1.89. The van der Waals surface area contributed by atoms with Gasteiger partial charge < -0.3 is 9.64 Å². The van der Waals surface area contributed by atoms with Crippen LogP contribution in [0.4, 0.5) is 8.78 Å². The Morgan fingerprint density at radius 3 is 2.57 bits per heavy atom. The molecule has 7 heteroatoms. The van der Waals surface area contributed by atoms with E-state index in [0.29, 0.717) is 48.9 Å². The Morgan fingerprint density at radius 1 is 1.00 bits per heavy atom. The zero-order chi connectivity index (χ0) is 20.9. The third-order valence-electron chi connectivity index (χ3n) is 5.08. The van der Waals surface area contributed by atoms with Crippen LogP contribution >= 0.6 is 11.3 Å². The van der Waals surface area contributed by atoms with Crippen LogP contribution in [0.3, 0.4) is 0 Å². The number of ether oxygens (including phenoxy) is 1. The number of halogens is 2. The van der Waals surface area contributed by atoms with Crippen molar-refractivity contribution in [2.45, 2.75) is 13.2 Å². The summed E-state index contributed by atoms with van der Waals surface area (Å²) < 4.78 is 32.7.